The Morgan fingerprint density at radius 2 is 2.21 bits per heavy atom. The number of fused-ring (bicyclic) bond motifs is 1. The number of imidazole rings is 1. The van der Waals surface area contributed by atoms with Crippen LogP contribution in [0.15, 0.2) is 36.9 Å². The lowest BCUT2D eigenvalue weighted by Crippen LogP contribution is -2.40. The fraction of sp³-hybridized carbons (Fsp3) is 0.235. The van der Waals surface area contributed by atoms with Gasteiger partial charge in [-0.2, -0.15) is 8.78 Å². The van der Waals surface area contributed by atoms with Gasteiger partial charge in [-0.05, 0) is 18.2 Å². The van der Waals surface area contributed by atoms with Crippen molar-refractivity contribution in [2.24, 2.45) is 0 Å². The highest BCUT2D eigenvalue weighted by molar-refractivity contribution is 6.30. The lowest BCUT2D eigenvalue weighted by Gasteiger charge is -2.22. The first kappa shape index (κ1) is 18.5. The molecule has 28 heavy (non-hydrogen) atoms. The Bertz CT molecular complexity index is 1010. The van der Waals surface area contributed by atoms with E-state index in [2.05, 4.69) is 35.9 Å². The summed E-state index contributed by atoms with van der Waals surface area (Å²) in [5.74, 6) is -0.403. The second-order valence-corrected chi connectivity index (χ2v) is 6.57. The first-order chi connectivity index (χ1) is 13.5. The molecule has 1 fully saturated rings. The van der Waals surface area contributed by atoms with E-state index < -0.39 is 18.7 Å². The molecule has 4 rings (SSSR count). The maximum Gasteiger partial charge on any atom is 0.387 e. The van der Waals surface area contributed by atoms with Crippen LogP contribution >= 0.6 is 11.6 Å². The molecule has 2 atom stereocenters. The molecule has 3 heterocycles. The van der Waals surface area contributed by atoms with Gasteiger partial charge in [0.25, 0.3) is 5.91 Å². The lowest BCUT2D eigenvalue weighted by atomic mass is 9.99. The van der Waals surface area contributed by atoms with Crippen molar-refractivity contribution in [1.82, 2.24) is 31.1 Å². The summed E-state index contributed by atoms with van der Waals surface area (Å²) in [7, 11) is 0. The molecule has 1 aromatic carbocycles. The topological polar surface area (TPSA) is 104 Å². The monoisotopic (exact) mass is 408 g/mol. The van der Waals surface area contributed by atoms with Gasteiger partial charge >= 0.3 is 6.61 Å². The van der Waals surface area contributed by atoms with Gasteiger partial charge in [0.05, 0.1) is 35.7 Å². The Balaban J connectivity index is 1.60. The zero-order valence-corrected chi connectivity index (χ0v) is 15.0. The Labute approximate surface area is 162 Å². The number of aromatic nitrogens is 3. The normalized spacial score (nSPS) is 19.3. The van der Waals surface area contributed by atoms with Crippen LogP contribution in [0.5, 0.6) is 5.75 Å². The standard InChI is InChI=1S/C17H15ClF2N6O2/c18-8-1-2-13(28-17(19)20)9(3-8)15-12(6-24-26-15)25-16(27)10-4-21-5-11-14(10)23-7-22-11/h1-5,7,12,15,17,24,26H,6H2,(H,22,23)(H,25,27). The van der Waals surface area contributed by atoms with Gasteiger partial charge in [-0.3, -0.25) is 15.2 Å². The number of nitrogens with one attached hydrogen (secondary N) is 4. The Hall–Kier alpha value is -2.82. The van der Waals surface area contributed by atoms with Crippen LogP contribution in [-0.4, -0.2) is 40.1 Å². The van der Waals surface area contributed by atoms with Crippen molar-refractivity contribution in [1.29, 1.82) is 0 Å². The van der Waals surface area contributed by atoms with Crippen molar-refractivity contribution < 1.29 is 18.3 Å². The molecule has 0 aliphatic carbocycles. The SMILES string of the molecule is O=C(NC1CNNC1c1cc(Cl)ccc1OC(F)F)c1cncc2[nH]cnc12. The van der Waals surface area contributed by atoms with Crippen LogP contribution in [-0.2, 0) is 0 Å². The molecule has 4 N–H and O–H groups in total. The van der Waals surface area contributed by atoms with E-state index in [9.17, 15) is 13.6 Å². The fourth-order valence-electron chi connectivity index (χ4n) is 3.17. The number of hydrazine groups is 1. The number of amides is 1. The number of H-pyrrole nitrogens is 1. The molecule has 0 bridgehead atoms. The van der Waals surface area contributed by atoms with Crippen LogP contribution in [0, 0.1) is 0 Å². The minimum absolute atomic E-state index is 0.0177. The van der Waals surface area contributed by atoms with Crippen LogP contribution in [0.4, 0.5) is 8.78 Å². The van der Waals surface area contributed by atoms with Crippen molar-refractivity contribution >= 4 is 28.5 Å². The van der Waals surface area contributed by atoms with E-state index in [0.29, 0.717) is 33.7 Å². The average molecular weight is 409 g/mol. The van der Waals surface area contributed by atoms with E-state index in [1.165, 1.54) is 30.7 Å². The number of nitrogens with zero attached hydrogens (tertiary/aromatic N) is 2. The predicted molar refractivity (Wildman–Crippen MR) is 97.1 cm³/mol. The van der Waals surface area contributed by atoms with Gasteiger partial charge in [-0.25, -0.2) is 10.4 Å². The molecule has 11 heteroatoms. The van der Waals surface area contributed by atoms with E-state index >= 15 is 0 Å². The molecule has 146 valence electrons. The smallest absolute Gasteiger partial charge is 0.387 e. The van der Waals surface area contributed by atoms with Gasteiger partial charge in [0.15, 0.2) is 0 Å². The zero-order valence-electron chi connectivity index (χ0n) is 14.2. The third kappa shape index (κ3) is 3.61. The van der Waals surface area contributed by atoms with Gasteiger partial charge in [-0.15, -0.1) is 0 Å². The van der Waals surface area contributed by atoms with Crippen LogP contribution in [0.1, 0.15) is 22.0 Å². The van der Waals surface area contributed by atoms with Gasteiger partial charge < -0.3 is 15.0 Å². The fourth-order valence-corrected chi connectivity index (χ4v) is 3.35. The molecule has 0 radical (unpaired) electrons. The van der Waals surface area contributed by atoms with Crippen molar-refractivity contribution in [2.45, 2.75) is 18.7 Å². The summed E-state index contributed by atoms with van der Waals surface area (Å²) in [6, 6.07) is 3.36. The molecule has 1 saturated heterocycles. The van der Waals surface area contributed by atoms with Gasteiger partial charge in [0, 0.05) is 23.3 Å². The molecule has 3 aromatic rings. The second-order valence-electron chi connectivity index (χ2n) is 6.13. The number of alkyl halides is 2. The molecule has 0 saturated carbocycles. The second kappa shape index (κ2) is 7.66. The first-order valence-electron chi connectivity index (χ1n) is 8.33. The third-order valence-electron chi connectivity index (χ3n) is 4.40. The van der Waals surface area contributed by atoms with Gasteiger partial charge in [0.2, 0.25) is 0 Å². The summed E-state index contributed by atoms with van der Waals surface area (Å²) in [4.78, 5) is 23.8. The summed E-state index contributed by atoms with van der Waals surface area (Å²) in [6.07, 6.45) is 4.47. The van der Waals surface area contributed by atoms with Crippen molar-refractivity contribution in [2.75, 3.05) is 6.54 Å². The van der Waals surface area contributed by atoms with E-state index in [1.54, 1.807) is 6.20 Å². The number of pyridine rings is 1. The van der Waals surface area contributed by atoms with Crippen LogP contribution in [0.25, 0.3) is 11.0 Å². The third-order valence-corrected chi connectivity index (χ3v) is 4.63. The molecule has 0 spiro atoms. The number of hydrogen-bond donors (Lipinski definition) is 4. The molecule has 8 nitrogen and oxygen atoms in total. The first-order valence-corrected chi connectivity index (χ1v) is 8.71. The van der Waals surface area contributed by atoms with Crippen molar-refractivity contribution in [3.63, 3.8) is 0 Å². The quantitative estimate of drug-likeness (QED) is 0.516. The number of halogens is 3. The largest absolute Gasteiger partial charge is 0.434 e. The van der Waals surface area contributed by atoms with E-state index in [1.807, 2.05) is 0 Å². The minimum atomic E-state index is -2.98. The number of benzene rings is 1. The van der Waals surface area contributed by atoms with Crippen LogP contribution in [0.2, 0.25) is 5.02 Å². The zero-order chi connectivity index (χ0) is 19.7. The van der Waals surface area contributed by atoms with Crippen molar-refractivity contribution in [3.8, 4) is 5.75 Å². The number of carbonyl (C=O) groups is 1. The van der Waals surface area contributed by atoms with Crippen LogP contribution < -0.4 is 20.9 Å². The maximum atomic E-state index is 12.8. The summed E-state index contributed by atoms with van der Waals surface area (Å²) < 4.78 is 30.1. The summed E-state index contributed by atoms with van der Waals surface area (Å²) in [5, 5.41) is 3.24. The predicted octanol–water partition coefficient (Wildman–Crippen LogP) is 2.16. The van der Waals surface area contributed by atoms with Crippen molar-refractivity contribution in [3.05, 3.63) is 53.1 Å². The van der Waals surface area contributed by atoms with E-state index in [4.69, 9.17) is 11.6 Å². The molecule has 1 amide bonds. The summed E-state index contributed by atoms with van der Waals surface area (Å²) >= 11 is 6.04. The number of aromatic amines is 1. The number of ether oxygens (including phenoxy) is 1. The summed E-state index contributed by atoms with van der Waals surface area (Å²) in [6.45, 7) is -2.62. The highest BCUT2D eigenvalue weighted by Crippen LogP contribution is 2.32. The Morgan fingerprint density at radius 1 is 1.36 bits per heavy atom. The number of rotatable bonds is 5. The Morgan fingerprint density at radius 3 is 3.04 bits per heavy atom. The van der Waals surface area contributed by atoms with E-state index in [-0.39, 0.29) is 11.7 Å². The molecule has 2 unspecified atom stereocenters. The molecule has 1 aliphatic rings. The van der Waals surface area contributed by atoms with Crippen LogP contribution in [0.3, 0.4) is 0 Å². The average Bonchev–Trinajstić information content (AvgIpc) is 3.31. The minimum Gasteiger partial charge on any atom is -0.434 e. The molecule has 2 aromatic heterocycles. The Kier molecular flexibility index (Phi) is 5.07. The highest BCUT2D eigenvalue weighted by Gasteiger charge is 2.33. The molecular formula is C17H15ClF2N6O2. The number of carbonyl (C=O) groups excluding carboxylic acids is 1. The maximum absolute atomic E-state index is 12.8. The molecule has 1 aliphatic heterocycles. The molecular weight excluding hydrogens is 394 g/mol. The van der Waals surface area contributed by atoms with E-state index in [0.717, 1.165) is 0 Å². The van der Waals surface area contributed by atoms with Gasteiger partial charge in [0.1, 0.15) is 11.3 Å². The highest BCUT2D eigenvalue weighted by atomic mass is 35.5. The number of hydrogen-bond acceptors (Lipinski definition) is 6. The lowest BCUT2D eigenvalue weighted by molar-refractivity contribution is -0.0507. The summed E-state index contributed by atoms with van der Waals surface area (Å²) in [5.41, 5.74) is 7.72. The van der Waals surface area contributed by atoms with Gasteiger partial charge in [-0.1, -0.05) is 11.6 Å².